The summed E-state index contributed by atoms with van der Waals surface area (Å²) in [5.74, 6) is -0.0208. The summed E-state index contributed by atoms with van der Waals surface area (Å²) < 4.78 is 1.68. The van der Waals surface area contributed by atoms with Crippen molar-refractivity contribution in [3.8, 4) is 0 Å². The Morgan fingerprint density at radius 1 is 0.938 bits per heavy atom. The first-order valence-corrected chi connectivity index (χ1v) is 6.17. The van der Waals surface area contributed by atoms with Crippen LogP contribution in [0.1, 0.15) is 15.9 Å². The highest BCUT2D eigenvalue weighted by Crippen LogP contribution is 2.15. The summed E-state index contributed by atoms with van der Waals surface area (Å²) in [6, 6.07) is 10.8. The fourth-order valence-electron chi connectivity index (χ4n) is 1.28. The monoisotopic (exact) mass is 339 g/mol. The second-order valence-corrected chi connectivity index (χ2v) is 4.93. The maximum Gasteiger partial charge on any atom is 0.194 e. The zero-order chi connectivity index (χ0) is 11.5. The third-order valence-electron chi connectivity index (χ3n) is 2.10. The van der Waals surface area contributed by atoms with Gasteiger partial charge in [-0.2, -0.15) is 0 Å². The van der Waals surface area contributed by atoms with Crippen LogP contribution in [0.15, 0.2) is 51.7 Å². The van der Waals surface area contributed by atoms with E-state index in [1.165, 1.54) is 0 Å². The molecular weight excluding hydrogens is 334 g/mol. The molecule has 0 spiro atoms. The maximum atomic E-state index is 12.0. The van der Waals surface area contributed by atoms with Crippen molar-refractivity contribution in [1.29, 1.82) is 0 Å². The molecule has 4 heteroatoms. The van der Waals surface area contributed by atoms with Crippen molar-refractivity contribution < 1.29 is 4.79 Å². The smallest absolute Gasteiger partial charge is 0.194 e. The number of aromatic nitrogens is 1. The molecule has 0 radical (unpaired) electrons. The molecule has 0 saturated heterocycles. The van der Waals surface area contributed by atoms with Gasteiger partial charge in [0.2, 0.25) is 0 Å². The van der Waals surface area contributed by atoms with Gasteiger partial charge in [-0.15, -0.1) is 0 Å². The van der Waals surface area contributed by atoms with Crippen LogP contribution in [0.3, 0.4) is 0 Å². The second-order valence-electron chi connectivity index (χ2n) is 3.21. The average Bonchev–Trinajstić information content (AvgIpc) is 2.30. The molecule has 0 unspecified atom stereocenters. The van der Waals surface area contributed by atoms with E-state index >= 15 is 0 Å². The number of benzene rings is 1. The number of nitrogens with zero attached hydrogens (tertiary/aromatic N) is 1. The molecule has 2 aromatic rings. The van der Waals surface area contributed by atoms with E-state index < -0.39 is 0 Å². The molecule has 0 saturated carbocycles. The Balaban J connectivity index is 2.32. The van der Waals surface area contributed by atoms with Crippen LogP contribution in [0.25, 0.3) is 0 Å². The minimum atomic E-state index is -0.0208. The molecule has 16 heavy (non-hydrogen) atoms. The predicted molar refractivity (Wildman–Crippen MR) is 69.5 cm³/mol. The van der Waals surface area contributed by atoms with Crippen molar-refractivity contribution in [3.63, 3.8) is 0 Å². The first-order valence-electron chi connectivity index (χ1n) is 4.58. The van der Waals surface area contributed by atoms with Crippen molar-refractivity contribution in [3.05, 3.63) is 62.8 Å². The van der Waals surface area contributed by atoms with E-state index in [0.717, 1.165) is 9.08 Å². The topological polar surface area (TPSA) is 30.0 Å². The van der Waals surface area contributed by atoms with Crippen molar-refractivity contribution in [2.75, 3.05) is 0 Å². The summed E-state index contributed by atoms with van der Waals surface area (Å²) >= 11 is 6.56. The molecule has 0 aliphatic carbocycles. The molecule has 2 rings (SSSR count). The minimum Gasteiger partial charge on any atom is -0.289 e. The number of carbonyl (C=O) groups is 1. The van der Waals surface area contributed by atoms with Crippen LogP contribution >= 0.6 is 31.9 Å². The van der Waals surface area contributed by atoms with Crippen molar-refractivity contribution in [1.82, 2.24) is 4.98 Å². The van der Waals surface area contributed by atoms with E-state index in [4.69, 9.17) is 0 Å². The SMILES string of the molecule is O=C(c1ccc(Br)cc1)c1ccc(Br)nc1. The fraction of sp³-hybridized carbons (Fsp3) is 0. The van der Waals surface area contributed by atoms with Crippen LogP contribution in [0, 0.1) is 0 Å². The molecule has 0 aliphatic heterocycles. The highest BCUT2D eigenvalue weighted by Gasteiger charge is 2.08. The van der Waals surface area contributed by atoms with Gasteiger partial charge >= 0.3 is 0 Å². The first-order chi connectivity index (χ1) is 7.66. The van der Waals surface area contributed by atoms with Gasteiger partial charge in [0.1, 0.15) is 4.60 Å². The van der Waals surface area contributed by atoms with Crippen molar-refractivity contribution >= 4 is 37.6 Å². The molecule has 0 amide bonds. The van der Waals surface area contributed by atoms with E-state index in [1.807, 2.05) is 12.1 Å². The second kappa shape index (κ2) is 4.89. The van der Waals surface area contributed by atoms with E-state index in [0.29, 0.717) is 11.1 Å². The Hall–Kier alpha value is -1.000. The van der Waals surface area contributed by atoms with Gasteiger partial charge in [0.25, 0.3) is 0 Å². The Morgan fingerprint density at radius 2 is 1.56 bits per heavy atom. The highest BCUT2D eigenvalue weighted by molar-refractivity contribution is 9.10. The molecule has 1 aromatic carbocycles. The van der Waals surface area contributed by atoms with Crippen LogP contribution in [0.2, 0.25) is 0 Å². The number of hydrogen-bond donors (Lipinski definition) is 0. The van der Waals surface area contributed by atoms with Crippen LogP contribution < -0.4 is 0 Å². The standard InChI is InChI=1S/C12H7Br2NO/c13-10-4-1-8(2-5-10)12(16)9-3-6-11(14)15-7-9/h1-7H. The molecular formula is C12H7Br2NO. The summed E-state index contributed by atoms with van der Waals surface area (Å²) in [7, 11) is 0. The van der Waals surface area contributed by atoms with Gasteiger partial charge in [-0.1, -0.05) is 15.9 Å². The van der Waals surface area contributed by atoms with E-state index in [-0.39, 0.29) is 5.78 Å². The van der Waals surface area contributed by atoms with Gasteiger partial charge in [0, 0.05) is 21.8 Å². The molecule has 0 bridgehead atoms. The molecule has 80 valence electrons. The largest absolute Gasteiger partial charge is 0.289 e. The lowest BCUT2D eigenvalue weighted by Gasteiger charge is -2.00. The lowest BCUT2D eigenvalue weighted by molar-refractivity contribution is 0.103. The molecule has 0 atom stereocenters. The van der Waals surface area contributed by atoms with Gasteiger partial charge < -0.3 is 0 Å². The fourth-order valence-corrected chi connectivity index (χ4v) is 1.78. The molecule has 1 heterocycles. The van der Waals surface area contributed by atoms with E-state index in [2.05, 4.69) is 36.8 Å². The Labute approximate surface area is 110 Å². The Morgan fingerprint density at radius 3 is 2.12 bits per heavy atom. The van der Waals surface area contributed by atoms with Crippen LogP contribution in [0.5, 0.6) is 0 Å². The number of halogens is 2. The number of hydrogen-bond acceptors (Lipinski definition) is 2. The highest BCUT2D eigenvalue weighted by atomic mass is 79.9. The first kappa shape index (κ1) is 11.5. The molecule has 1 aromatic heterocycles. The van der Waals surface area contributed by atoms with Crippen LogP contribution in [-0.4, -0.2) is 10.8 Å². The summed E-state index contributed by atoms with van der Waals surface area (Å²) in [4.78, 5) is 16.0. The quantitative estimate of drug-likeness (QED) is 0.614. The summed E-state index contributed by atoms with van der Waals surface area (Å²) in [5, 5.41) is 0. The van der Waals surface area contributed by atoms with Gasteiger partial charge in [-0.25, -0.2) is 4.98 Å². The average molecular weight is 341 g/mol. The third kappa shape index (κ3) is 2.57. The Bertz CT molecular complexity index is 458. The predicted octanol–water partition coefficient (Wildman–Crippen LogP) is 3.84. The maximum absolute atomic E-state index is 12.0. The molecule has 0 N–H and O–H groups in total. The molecule has 0 fully saturated rings. The van der Waals surface area contributed by atoms with E-state index in [1.54, 1.807) is 30.5 Å². The number of pyridine rings is 1. The zero-order valence-corrected chi connectivity index (χ0v) is 11.3. The van der Waals surface area contributed by atoms with Gasteiger partial charge in [0.05, 0.1) is 0 Å². The summed E-state index contributed by atoms with van der Waals surface area (Å²) in [6.07, 6.45) is 1.56. The minimum absolute atomic E-state index is 0.0208. The number of ketones is 1. The number of carbonyl (C=O) groups excluding carboxylic acids is 1. The van der Waals surface area contributed by atoms with Gasteiger partial charge in [0.15, 0.2) is 5.78 Å². The van der Waals surface area contributed by atoms with E-state index in [9.17, 15) is 4.79 Å². The number of rotatable bonds is 2. The lowest BCUT2D eigenvalue weighted by atomic mass is 10.1. The summed E-state index contributed by atoms with van der Waals surface area (Å²) in [5.41, 5.74) is 1.25. The lowest BCUT2D eigenvalue weighted by Crippen LogP contribution is -2.01. The Kier molecular flexibility index (Phi) is 3.51. The van der Waals surface area contributed by atoms with Crippen LogP contribution in [0.4, 0.5) is 0 Å². The van der Waals surface area contributed by atoms with Crippen molar-refractivity contribution in [2.45, 2.75) is 0 Å². The normalized spacial score (nSPS) is 10.1. The van der Waals surface area contributed by atoms with Crippen molar-refractivity contribution in [2.24, 2.45) is 0 Å². The summed E-state index contributed by atoms with van der Waals surface area (Å²) in [6.45, 7) is 0. The van der Waals surface area contributed by atoms with Crippen LogP contribution in [-0.2, 0) is 0 Å². The van der Waals surface area contributed by atoms with Gasteiger partial charge in [-0.3, -0.25) is 4.79 Å². The zero-order valence-electron chi connectivity index (χ0n) is 8.15. The molecule has 2 nitrogen and oxygen atoms in total. The van der Waals surface area contributed by atoms with Gasteiger partial charge in [-0.05, 0) is 52.3 Å². The third-order valence-corrected chi connectivity index (χ3v) is 3.09. The molecule has 0 aliphatic rings.